The van der Waals surface area contributed by atoms with E-state index in [9.17, 15) is 0 Å². The molecule has 0 aliphatic carbocycles. The lowest BCUT2D eigenvalue weighted by atomic mass is 10.1. The van der Waals surface area contributed by atoms with E-state index in [0.29, 0.717) is 18.1 Å². The number of ether oxygens (including phenoxy) is 1. The Hall–Kier alpha value is -2.19. The Labute approximate surface area is 111 Å². The van der Waals surface area contributed by atoms with Gasteiger partial charge in [0.05, 0.1) is 12.5 Å². The third-order valence-corrected chi connectivity index (χ3v) is 2.90. The minimum Gasteiger partial charge on any atom is -0.373 e. The zero-order chi connectivity index (χ0) is 13.7. The van der Waals surface area contributed by atoms with Crippen molar-refractivity contribution in [2.75, 3.05) is 7.11 Å². The molecule has 5 heteroatoms. The molecule has 0 bridgehead atoms. The summed E-state index contributed by atoms with van der Waals surface area (Å²) in [6, 6.07) is 9.66. The van der Waals surface area contributed by atoms with Gasteiger partial charge in [-0.1, -0.05) is 30.3 Å². The van der Waals surface area contributed by atoms with Gasteiger partial charge in [0.1, 0.15) is 6.10 Å². The molecule has 98 valence electrons. The molecule has 1 aromatic carbocycles. The van der Waals surface area contributed by atoms with Crippen molar-refractivity contribution in [1.82, 2.24) is 10.1 Å². The lowest BCUT2D eigenvalue weighted by Gasteiger charge is -2.06. The molecule has 1 atom stereocenters. The Kier molecular flexibility index (Phi) is 4.26. The van der Waals surface area contributed by atoms with Crippen molar-refractivity contribution in [2.45, 2.75) is 25.9 Å². The predicted octanol–water partition coefficient (Wildman–Crippen LogP) is 2.90. The highest BCUT2D eigenvalue weighted by molar-refractivity contribution is 5.59. The molecule has 0 aliphatic heterocycles. The molecule has 0 saturated heterocycles. The van der Waals surface area contributed by atoms with Gasteiger partial charge >= 0.3 is 0 Å². The maximum Gasteiger partial charge on any atom is 0.258 e. The Balaban J connectivity index is 2.35. The van der Waals surface area contributed by atoms with Gasteiger partial charge in [-0.15, -0.1) is 0 Å². The second kappa shape index (κ2) is 6.12. The number of nitriles is 1. The van der Waals surface area contributed by atoms with Crippen LogP contribution in [-0.4, -0.2) is 17.3 Å². The van der Waals surface area contributed by atoms with Crippen LogP contribution in [0.25, 0.3) is 11.5 Å². The standard InChI is InChI=1S/C14H15N3O2/c1-3-12(18-2)13-16-14(19-17-13)11-7-5-4-6-10(11)8-9-15/h4-7,12H,3,8H2,1-2H3. The van der Waals surface area contributed by atoms with Crippen molar-refractivity contribution in [3.05, 3.63) is 35.7 Å². The van der Waals surface area contributed by atoms with Crippen LogP contribution in [0.1, 0.15) is 30.8 Å². The minimum absolute atomic E-state index is 0.166. The normalized spacial score (nSPS) is 12.1. The van der Waals surface area contributed by atoms with E-state index in [1.807, 2.05) is 31.2 Å². The molecular weight excluding hydrogens is 242 g/mol. The summed E-state index contributed by atoms with van der Waals surface area (Å²) in [5, 5.41) is 12.8. The SMILES string of the molecule is CCC(OC)c1noc(-c2ccccc2CC#N)n1. The Bertz CT molecular complexity index is 582. The van der Waals surface area contributed by atoms with Crippen LogP contribution in [0.2, 0.25) is 0 Å². The van der Waals surface area contributed by atoms with Gasteiger partial charge in [-0.3, -0.25) is 0 Å². The molecule has 19 heavy (non-hydrogen) atoms. The number of nitrogens with zero attached hydrogens (tertiary/aromatic N) is 3. The molecule has 0 N–H and O–H groups in total. The summed E-state index contributed by atoms with van der Waals surface area (Å²) in [5.74, 6) is 0.961. The maximum absolute atomic E-state index is 8.82. The van der Waals surface area contributed by atoms with E-state index in [2.05, 4.69) is 16.2 Å². The average Bonchev–Trinajstić information content (AvgIpc) is 2.91. The van der Waals surface area contributed by atoms with E-state index in [0.717, 1.165) is 17.5 Å². The summed E-state index contributed by atoms with van der Waals surface area (Å²) >= 11 is 0. The summed E-state index contributed by atoms with van der Waals surface area (Å²) in [4.78, 5) is 4.35. The molecule has 1 unspecified atom stereocenters. The van der Waals surface area contributed by atoms with Gasteiger partial charge in [0, 0.05) is 12.7 Å². The highest BCUT2D eigenvalue weighted by Crippen LogP contribution is 2.25. The van der Waals surface area contributed by atoms with Crippen LogP contribution in [0.4, 0.5) is 0 Å². The predicted molar refractivity (Wildman–Crippen MR) is 69.1 cm³/mol. The number of rotatable bonds is 5. The van der Waals surface area contributed by atoms with Crippen LogP contribution in [0.5, 0.6) is 0 Å². The number of hydrogen-bond acceptors (Lipinski definition) is 5. The quantitative estimate of drug-likeness (QED) is 0.823. The first-order valence-electron chi connectivity index (χ1n) is 6.11. The molecule has 1 aromatic heterocycles. The molecule has 0 fully saturated rings. The molecule has 0 spiro atoms. The van der Waals surface area contributed by atoms with Crippen LogP contribution < -0.4 is 0 Å². The fourth-order valence-electron chi connectivity index (χ4n) is 1.90. The van der Waals surface area contributed by atoms with Crippen molar-refractivity contribution >= 4 is 0 Å². The zero-order valence-electron chi connectivity index (χ0n) is 11.0. The van der Waals surface area contributed by atoms with Crippen LogP contribution in [-0.2, 0) is 11.2 Å². The summed E-state index contributed by atoms with van der Waals surface area (Å²) in [7, 11) is 1.62. The summed E-state index contributed by atoms with van der Waals surface area (Å²) in [6.45, 7) is 1.99. The third-order valence-electron chi connectivity index (χ3n) is 2.90. The van der Waals surface area contributed by atoms with Gasteiger partial charge in [-0.05, 0) is 18.1 Å². The molecular formula is C14H15N3O2. The van der Waals surface area contributed by atoms with E-state index >= 15 is 0 Å². The van der Waals surface area contributed by atoms with Crippen molar-refractivity contribution in [3.8, 4) is 17.5 Å². The summed E-state index contributed by atoms with van der Waals surface area (Å²) in [6.07, 6.45) is 0.922. The first-order valence-corrected chi connectivity index (χ1v) is 6.11. The van der Waals surface area contributed by atoms with Crippen LogP contribution in [0, 0.1) is 11.3 Å². The van der Waals surface area contributed by atoms with Gasteiger partial charge in [-0.25, -0.2) is 0 Å². The summed E-state index contributed by atoms with van der Waals surface area (Å²) < 4.78 is 10.5. The van der Waals surface area contributed by atoms with Crippen molar-refractivity contribution in [3.63, 3.8) is 0 Å². The van der Waals surface area contributed by atoms with E-state index in [1.54, 1.807) is 7.11 Å². The van der Waals surface area contributed by atoms with E-state index in [1.165, 1.54) is 0 Å². The number of methoxy groups -OCH3 is 1. The van der Waals surface area contributed by atoms with Crippen molar-refractivity contribution < 1.29 is 9.26 Å². The molecule has 0 radical (unpaired) electrons. The molecule has 5 nitrogen and oxygen atoms in total. The largest absolute Gasteiger partial charge is 0.373 e. The fraction of sp³-hybridized carbons (Fsp3) is 0.357. The van der Waals surface area contributed by atoms with Crippen LogP contribution in [0.3, 0.4) is 0 Å². The molecule has 0 aliphatic rings. The Morgan fingerprint density at radius 2 is 2.21 bits per heavy atom. The number of benzene rings is 1. The van der Waals surface area contributed by atoms with Crippen molar-refractivity contribution in [2.24, 2.45) is 0 Å². The Morgan fingerprint density at radius 3 is 2.89 bits per heavy atom. The topological polar surface area (TPSA) is 71.9 Å². The van der Waals surface area contributed by atoms with Gasteiger partial charge in [0.15, 0.2) is 0 Å². The first kappa shape index (κ1) is 13.2. The van der Waals surface area contributed by atoms with E-state index in [-0.39, 0.29) is 6.10 Å². The zero-order valence-corrected chi connectivity index (χ0v) is 11.0. The van der Waals surface area contributed by atoms with Gasteiger partial charge < -0.3 is 9.26 Å². The number of hydrogen-bond donors (Lipinski definition) is 0. The number of aromatic nitrogens is 2. The Morgan fingerprint density at radius 1 is 1.42 bits per heavy atom. The van der Waals surface area contributed by atoms with E-state index in [4.69, 9.17) is 14.5 Å². The van der Waals surface area contributed by atoms with Gasteiger partial charge in [0.25, 0.3) is 5.89 Å². The highest BCUT2D eigenvalue weighted by Gasteiger charge is 2.18. The maximum atomic E-state index is 8.82. The molecule has 2 rings (SSSR count). The average molecular weight is 257 g/mol. The molecule has 2 aromatic rings. The molecule has 0 amide bonds. The van der Waals surface area contributed by atoms with Crippen molar-refractivity contribution in [1.29, 1.82) is 5.26 Å². The van der Waals surface area contributed by atoms with Gasteiger partial charge in [-0.2, -0.15) is 10.2 Å². The smallest absolute Gasteiger partial charge is 0.258 e. The lowest BCUT2D eigenvalue weighted by Crippen LogP contribution is -2.01. The minimum atomic E-state index is -0.166. The van der Waals surface area contributed by atoms with Gasteiger partial charge in [0.2, 0.25) is 5.82 Å². The second-order valence-electron chi connectivity index (χ2n) is 4.08. The first-order chi connectivity index (χ1) is 9.30. The van der Waals surface area contributed by atoms with Crippen LogP contribution in [0.15, 0.2) is 28.8 Å². The molecule has 0 saturated carbocycles. The third kappa shape index (κ3) is 2.80. The van der Waals surface area contributed by atoms with Crippen LogP contribution >= 0.6 is 0 Å². The molecule has 1 heterocycles. The fourth-order valence-corrected chi connectivity index (χ4v) is 1.90. The monoisotopic (exact) mass is 257 g/mol. The van der Waals surface area contributed by atoms with E-state index < -0.39 is 0 Å². The highest BCUT2D eigenvalue weighted by atomic mass is 16.5. The second-order valence-corrected chi connectivity index (χ2v) is 4.08. The summed E-state index contributed by atoms with van der Waals surface area (Å²) in [5.41, 5.74) is 1.68. The lowest BCUT2D eigenvalue weighted by molar-refractivity contribution is 0.0903.